The smallest absolute Gasteiger partial charge is 0.118 e. The summed E-state index contributed by atoms with van der Waals surface area (Å²) in [5, 5.41) is 10.5. The third-order valence-electron chi connectivity index (χ3n) is 5.48. The first-order valence-electron chi connectivity index (χ1n) is 10.7. The van der Waals surface area contributed by atoms with E-state index in [2.05, 4.69) is 54.6 Å². The summed E-state index contributed by atoms with van der Waals surface area (Å²) in [6, 6.07) is 30.4. The highest BCUT2D eigenvalue weighted by molar-refractivity contribution is 7.99. The van der Waals surface area contributed by atoms with Crippen LogP contribution in [0.1, 0.15) is 16.7 Å². The molecule has 0 radical (unpaired) electrons. The predicted octanol–water partition coefficient (Wildman–Crippen LogP) is 8.25. The van der Waals surface area contributed by atoms with Gasteiger partial charge in [0.25, 0.3) is 0 Å². The minimum absolute atomic E-state index is 0.327. The SMILES string of the molecule is COc1ccc(-c2ccc(/C(=C/CSc3ccc(O)c(C)c3)c3ccc(Cl)cc3)cc2)cc1. The highest BCUT2D eigenvalue weighted by atomic mass is 35.5. The lowest BCUT2D eigenvalue weighted by molar-refractivity contribution is 0.415. The summed E-state index contributed by atoms with van der Waals surface area (Å²) in [6.45, 7) is 1.92. The zero-order valence-electron chi connectivity index (χ0n) is 18.6. The standard InChI is InChI=1S/C29H25ClO2S/c1-20-19-27(15-16-29(20)31)33-18-17-28(24-7-11-25(30)12-8-24)23-5-3-21(4-6-23)22-9-13-26(32-2)14-10-22/h3-17,19,31H,18H2,1-2H3/b28-17-. The van der Waals surface area contributed by atoms with Gasteiger partial charge in [-0.15, -0.1) is 11.8 Å². The molecule has 0 heterocycles. The van der Waals surface area contributed by atoms with Gasteiger partial charge in [0, 0.05) is 15.7 Å². The molecule has 0 amide bonds. The molecule has 4 aromatic carbocycles. The van der Waals surface area contributed by atoms with Crippen LogP contribution in [0.15, 0.2) is 102 Å². The van der Waals surface area contributed by atoms with Crippen LogP contribution in [0.2, 0.25) is 5.02 Å². The number of hydrogen-bond acceptors (Lipinski definition) is 3. The van der Waals surface area contributed by atoms with E-state index in [-0.39, 0.29) is 0 Å². The molecule has 0 fully saturated rings. The second-order valence-corrected chi connectivity index (χ2v) is 9.22. The van der Waals surface area contributed by atoms with Crippen molar-refractivity contribution >= 4 is 28.9 Å². The number of benzene rings is 4. The number of methoxy groups -OCH3 is 1. The summed E-state index contributed by atoms with van der Waals surface area (Å²) in [5.41, 5.74) is 6.63. The number of halogens is 1. The molecule has 0 aliphatic heterocycles. The second-order valence-electron chi connectivity index (χ2n) is 7.69. The van der Waals surface area contributed by atoms with Crippen molar-refractivity contribution in [1.29, 1.82) is 0 Å². The Balaban J connectivity index is 1.60. The van der Waals surface area contributed by atoms with Crippen LogP contribution in [-0.2, 0) is 0 Å². The lowest BCUT2D eigenvalue weighted by Gasteiger charge is -2.11. The van der Waals surface area contributed by atoms with E-state index in [9.17, 15) is 5.11 Å². The average molecular weight is 473 g/mol. The van der Waals surface area contributed by atoms with Crippen LogP contribution in [0.4, 0.5) is 0 Å². The molecule has 1 N–H and O–H groups in total. The highest BCUT2D eigenvalue weighted by Crippen LogP contribution is 2.30. The van der Waals surface area contributed by atoms with Gasteiger partial charge < -0.3 is 9.84 Å². The molecule has 0 spiro atoms. The Kier molecular flexibility index (Phi) is 7.43. The Hall–Kier alpha value is -3.14. The van der Waals surface area contributed by atoms with Crippen LogP contribution in [0.3, 0.4) is 0 Å². The van der Waals surface area contributed by atoms with Crippen molar-refractivity contribution in [2.75, 3.05) is 12.9 Å². The molecule has 4 heteroatoms. The Labute approximate surface area is 204 Å². The maximum Gasteiger partial charge on any atom is 0.118 e. The number of aromatic hydroxyl groups is 1. The van der Waals surface area contributed by atoms with Crippen LogP contribution in [0.5, 0.6) is 11.5 Å². The van der Waals surface area contributed by atoms with E-state index in [0.717, 1.165) is 54.8 Å². The van der Waals surface area contributed by atoms with Gasteiger partial charge in [-0.1, -0.05) is 66.2 Å². The van der Waals surface area contributed by atoms with Gasteiger partial charge in [-0.05, 0) is 82.8 Å². The number of phenols is 1. The molecule has 0 bridgehead atoms. The molecule has 0 aliphatic carbocycles. The van der Waals surface area contributed by atoms with Gasteiger partial charge in [0.1, 0.15) is 11.5 Å². The van der Waals surface area contributed by atoms with E-state index in [1.54, 1.807) is 24.9 Å². The average Bonchev–Trinajstić information content (AvgIpc) is 2.85. The molecule has 0 unspecified atom stereocenters. The van der Waals surface area contributed by atoms with Crippen molar-refractivity contribution in [3.05, 3.63) is 119 Å². The molecule has 0 atom stereocenters. The normalized spacial score (nSPS) is 11.4. The Bertz CT molecular complexity index is 1240. The zero-order valence-corrected chi connectivity index (χ0v) is 20.2. The van der Waals surface area contributed by atoms with Crippen molar-refractivity contribution in [2.45, 2.75) is 11.8 Å². The van der Waals surface area contributed by atoms with Crippen LogP contribution < -0.4 is 4.74 Å². The third-order valence-corrected chi connectivity index (χ3v) is 6.65. The van der Waals surface area contributed by atoms with Gasteiger partial charge in [0.05, 0.1) is 7.11 Å². The summed E-state index contributed by atoms with van der Waals surface area (Å²) in [7, 11) is 1.68. The lowest BCUT2D eigenvalue weighted by Crippen LogP contribution is -1.90. The Morgan fingerprint density at radius 1 is 0.848 bits per heavy atom. The molecule has 0 saturated heterocycles. The number of aryl methyl sites for hydroxylation is 1. The minimum atomic E-state index is 0.327. The monoisotopic (exact) mass is 472 g/mol. The predicted molar refractivity (Wildman–Crippen MR) is 141 cm³/mol. The fraction of sp³-hybridized carbons (Fsp3) is 0.103. The fourth-order valence-corrected chi connectivity index (χ4v) is 4.59. The second kappa shape index (κ2) is 10.7. The van der Waals surface area contributed by atoms with E-state index >= 15 is 0 Å². The van der Waals surface area contributed by atoms with Crippen LogP contribution in [0.25, 0.3) is 16.7 Å². The quantitative estimate of drug-likeness (QED) is 0.274. The van der Waals surface area contributed by atoms with Gasteiger partial charge in [0.15, 0.2) is 0 Å². The molecule has 4 aromatic rings. The summed E-state index contributed by atoms with van der Waals surface area (Å²) in [6.07, 6.45) is 2.25. The molecule has 0 aromatic heterocycles. The first kappa shape index (κ1) is 23.0. The van der Waals surface area contributed by atoms with E-state index in [0.29, 0.717) is 5.75 Å². The van der Waals surface area contributed by atoms with E-state index < -0.39 is 0 Å². The number of hydrogen-bond donors (Lipinski definition) is 1. The zero-order chi connectivity index (χ0) is 23.2. The number of rotatable bonds is 7. The first-order valence-corrected chi connectivity index (χ1v) is 12.0. The molecular weight excluding hydrogens is 448 g/mol. The van der Waals surface area contributed by atoms with E-state index in [1.165, 1.54) is 0 Å². The number of phenolic OH excluding ortho intramolecular Hbond substituents is 1. The van der Waals surface area contributed by atoms with E-state index in [4.69, 9.17) is 16.3 Å². The highest BCUT2D eigenvalue weighted by Gasteiger charge is 2.07. The van der Waals surface area contributed by atoms with Crippen LogP contribution in [-0.4, -0.2) is 18.0 Å². The van der Waals surface area contributed by atoms with Crippen molar-refractivity contribution < 1.29 is 9.84 Å². The van der Waals surface area contributed by atoms with Gasteiger partial charge in [-0.25, -0.2) is 0 Å². The molecule has 4 rings (SSSR count). The molecule has 0 saturated carbocycles. The topological polar surface area (TPSA) is 29.5 Å². The summed E-state index contributed by atoms with van der Waals surface area (Å²) < 4.78 is 5.26. The largest absolute Gasteiger partial charge is 0.508 e. The van der Waals surface area contributed by atoms with Crippen molar-refractivity contribution in [3.63, 3.8) is 0 Å². The molecule has 0 aliphatic rings. The Morgan fingerprint density at radius 3 is 2.00 bits per heavy atom. The number of thioether (sulfide) groups is 1. The lowest BCUT2D eigenvalue weighted by atomic mass is 9.95. The third kappa shape index (κ3) is 5.81. The van der Waals surface area contributed by atoms with Gasteiger partial charge in [0.2, 0.25) is 0 Å². The molecule has 2 nitrogen and oxygen atoms in total. The molecular formula is C29H25ClO2S. The number of ether oxygens (including phenoxy) is 1. The van der Waals surface area contributed by atoms with Crippen molar-refractivity contribution in [3.8, 4) is 22.6 Å². The maximum absolute atomic E-state index is 9.77. The first-order chi connectivity index (χ1) is 16.0. The summed E-state index contributed by atoms with van der Waals surface area (Å²) in [4.78, 5) is 1.13. The summed E-state index contributed by atoms with van der Waals surface area (Å²) in [5.74, 6) is 1.99. The maximum atomic E-state index is 9.77. The van der Waals surface area contributed by atoms with Crippen molar-refractivity contribution in [2.24, 2.45) is 0 Å². The fourth-order valence-electron chi connectivity index (χ4n) is 3.60. The van der Waals surface area contributed by atoms with Crippen LogP contribution in [0, 0.1) is 6.92 Å². The van der Waals surface area contributed by atoms with Gasteiger partial charge in [-0.2, -0.15) is 0 Å². The minimum Gasteiger partial charge on any atom is -0.508 e. The van der Waals surface area contributed by atoms with Crippen molar-refractivity contribution in [1.82, 2.24) is 0 Å². The molecule has 33 heavy (non-hydrogen) atoms. The van der Waals surface area contributed by atoms with Crippen LogP contribution >= 0.6 is 23.4 Å². The Morgan fingerprint density at radius 2 is 1.42 bits per heavy atom. The van der Waals surface area contributed by atoms with Gasteiger partial charge >= 0.3 is 0 Å². The molecule has 166 valence electrons. The van der Waals surface area contributed by atoms with Gasteiger partial charge in [-0.3, -0.25) is 0 Å². The summed E-state index contributed by atoms with van der Waals surface area (Å²) >= 11 is 7.87. The van der Waals surface area contributed by atoms with E-state index in [1.807, 2.05) is 43.3 Å².